The molecule has 0 radical (unpaired) electrons. The van der Waals surface area contributed by atoms with Crippen molar-refractivity contribution in [2.45, 2.75) is 31.3 Å². The molecule has 0 unspecified atom stereocenters. The van der Waals surface area contributed by atoms with E-state index in [9.17, 15) is 4.79 Å². The molecule has 0 saturated carbocycles. The minimum absolute atomic E-state index is 0.0913. The largest absolute Gasteiger partial charge is 0.338 e. The summed E-state index contributed by atoms with van der Waals surface area (Å²) in [5.74, 6) is 0. The van der Waals surface area contributed by atoms with Gasteiger partial charge in [-0.05, 0) is 19.3 Å². The number of urea groups is 1. The van der Waals surface area contributed by atoms with Gasteiger partial charge in [-0.2, -0.15) is 0 Å². The number of carbonyl (C=O) groups is 1. The first-order chi connectivity index (χ1) is 5.83. The molecule has 2 aliphatic heterocycles. The van der Waals surface area contributed by atoms with Gasteiger partial charge < -0.3 is 10.2 Å². The highest BCUT2D eigenvalue weighted by molar-refractivity contribution is 5.76. The lowest BCUT2D eigenvalue weighted by atomic mass is 10.1. The first kappa shape index (κ1) is 7.65. The molecule has 2 heterocycles. The van der Waals surface area contributed by atoms with E-state index in [4.69, 9.17) is 0 Å². The number of hydrogen-bond donors (Lipinski definition) is 1. The molecule has 2 atom stereocenters. The lowest BCUT2D eigenvalue weighted by Crippen LogP contribution is -2.51. The van der Waals surface area contributed by atoms with Crippen LogP contribution in [0.5, 0.6) is 0 Å². The number of hydrogen-bond acceptors (Lipinski definition) is 1. The third-order valence-corrected chi connectivity index (χ3v) is 2.81. The highest BCUT2D eigenvalue weighted by atomic mass is 16.2. The second kappa shape index (κ2) is 2.81. The first-order valence-electron chi connectivity index (χ1n) is 4.51. The fourth-order valence-corrected chi connectivity index (χ4v) is 2.18. The van der Waals surface area contributed by atoms with Gasteiger partial charge in [0.15, 0.2) is 0 Å². The van der Waals surface area contributed by atoms with Crippen molar-refractivity contribution in [2.24, 2.45) is 0 Å². The lowest BCUT2D eigenvalue weighted by molar-refractivity contribution is 0.164. The van der Waals surface area contributed by atoms with Crippen molar-refractivity contribution in [3.05, 3.63) is 12.7 Å². The van der Waals surface area contributed by atoms with Crippen LogP contribution in [0.1, 0.15) is 19.3 Å². The van der Waals surface area contributed by atoms with Gasteiger partial charge in [-0.1, -0.05) is 6.08 Å². The van der Waals surface area contributed by atoms with E-state index < -0.39 is 0 Å². The molecule has 0 spiro atoms. The van der Waals surface area contributed by atoms with Crippen molar-refractivity contribution in [2.75, 3.05) is 6.54 Å². The third kappa shape index (κ3) is 1.00. The molecule has 2 saturated heterocycles. The Hall–Kier alpha value is -0.990. The zero-order valence-electron chi connectivity index (χ0n) is 7.12. The van der Waals surface area contributed by atoms with Gasteiger partial charge in [-0.25, -0.2) is 4.79 Å². The topological polar surface area (TPSA) is 32.3 Å². The second-order valence-electron chi connectivity index (χ2n) is 3.46. The van der Waals surface area contributed by atoms with Crippen LogP contribution in [0.3, 0.4) is 0 Å². The Bertz CT molecular complexity index is 215. The van der Waals surface area contributed by atoms with Gasteiger partial charge in [-0.3, -0.25) is 0 Å². The van der Waals surface area contributed by atoms with Crippen LogP contribution in [0.2, 0.25) is 0 Å². The summed E-state index contributed by atoms with van der Waals surface area (Å²) in [5, 5.41) is 2.86. The maximum Gasteiger partial charge on any atom is 0.318 e. The molecule has 0 aromatic heterocycles. The summed E-state index contributed by atoms with van der Waals surface area (Å²) in [5.41, 5.74) is 0. The van der Waals surface area contributed by atoms with Crippen LogP contribution in [0.25, 0.3) is 0 Å². The molecule has 2 aliphatic rings. The SMILES string of the molecule is C=C[C@@H]1CC[C@H]2CCNC(=O)N21. The maximum atomic E-state index is 11.4. The van der Waals surface area contributed by atoms with E-state index >= 15 is 0 Å². The molecule has 1 N–H and O–H groups in total. The van der Waals surface area contributed by atoms with Gasteiger partial charge in [0.1, 0.15) is 0 Å². The van der Waals surface area contributed by atoms with Crippen LogP contribution in [0, 0.1) is 0 Å². The van der Waals surface area contributed by atoms with Gasteiger partial charge in [0.2, 0.25) is 0 Å². The molecular formula is C9H14N2O. The summed E-state index contributed by atoms with van der Waals surface area (Å²) in [7, 11) is 0. The average molecular weight is 166 g/mol. The number of fused-ring (bicyclic) bond motifs is 1. The standard InChI is InChI=1S/C9H14N2O/c1-2-7-3-4-8-5-6-10-9(12)11(7)8/h2,7-8H,1,3-6H2,(H,10,12)/t7-,8+/m1/s1. The van der Waals surface area contributed by atoms with E-state index in [0.29, 0.717) is 6.04 Å². The Morgan fingerprint density at radius 2 is 2.33 bits per heavy atom. The van der Waals surface area contributed by atoms with Crippen LogP contribution in [0.15, 0.2) is 12.7 Å². The van der Waals surface area contributed by atoms with Gasteiger partial charge in [0.05, 0.1) is 6.04 Å². The molecule has 3 heteroatoms. The number of nitrogens with zero attached hydrogens (tertiary/aromatic N) is 1. The number of rotatable bonds is 1. The Morgan fingerprint density at radius 3 is 3.08 bits per heavy atom. The molecule has 0 bridgehead atoms. The Labute approximate surface area is 72.4 Å². The highest BCUT2D eigenvalue weighted by Crippen LogP contribution is 2.28. The quantitative estimate of drug-likeness (QED) is 0.582. The maximum absolute atomic E-state index is 11.4. The van der Waals surface area contributed by atoms with E-state index in [1.807, 2.05) is 11.0 Å². The summed E-state index contributed by atoms with van der Waals surface area (Å²) in [6, 6.07) is 0.839. The molecule has 0 aliphatic carbocycles. The molecule has 2 fully saturated rings. The van der Waals surface area contributed by atoms with E-state index in [1.165, 1.54) is 0 Å². The van der Waals surface area contributed by atoms with Gasteiger partial charge >= 0.3 is 6.03 Å². The van der Waals surface area contributed by atoms with Crippen LogP contribution in [-0.4, -0.2) is 29.6 Å². The number of carbonyl (C=O) groups excluding carboxylic acids is 1. The van der Waals surface area contributed by atoms with E-state index in [-0.39, 0.29) is 12.1 Å². The van der Waals surface area contributed by atoms with Crippen molar-refractivity contribution >= 4 is 6.03 Å². The summed E-state index contributed by atoms with van der Waals surface area (Å²) in [4.78, 5) is 13.4. The summed E-state index contributed by atoms with van der Waals surface area (Å²) in [6.45, 7) is 4.58. The fraction of sp³-hybridized carbons (Fsp3) is 0.667. The van der Waals surface area contributed by atoms with Crippen LogP contribution >= 0.6 is 0 Å². The van der Waals surface area contributed by atoms with Crippen LogP contribution in [-0.2, 0) is 0 Å². The van der Waals surface area contributed by atoms with Crippen molar-refractivity contribution in [3.8, 4) is 0 Å². The summed E-state index contributed by atoms with van der Waals surface area (Å²) >= 11 is 0. The number of amides is 2. The van der Waals surface area contributed by atoms with Crippen molar-refractivity contribution < 1.29 is 4.79 Å². The minimum atomic E-state index is 0.0913. The first-order valence-corrected chi connectivity index (χ1v) is 4.51. The highest BCUT2D eigenvalue weighted by Gasteiger charge is 2.37. The zero-order chi connectivity index (χ0) is 8.55. The van der Waals surface area contributed by atoms with Crippen LogP contribution < -0.4 is 5.32 Å². The normalized spacial score (nSPS) is 34.3. The van der Waals surface area contributed by atoms with Crippen LogP contribution in [0.4, 0.5) is 4.79 Å². The van der Waals surface area contributed by atoms with Crippen molar-refractivity contribution in [1.82, 2.24) is 10.2 Å². The van der Waals surface area contributed by atoms with E-state index in [1.54, 1.807) is 0 Å². The van der Waals surface area contributed by atoms with Gasteiger partial charge in [-0.15, -0.1) is 6.58 Å². The minimum Gasteiger partial charge on any atom is -0.338 e. The Balaban J connectivity index is 2.16. The Kier molecular flexibility index (Phi) is 1.79. The van der Waals surface area contributed by atoms with E-state index in [2.05, 4.69) is 11.9 Å². The predicted octanol–water partition coefficient (Wildman–Crippen LogP) is 1.12. The predicted molar refractivity (Wildman–Crippen MR) is 46.9 cm³/mol. The zero-order valence-corrected chi connectivity index (χ0v) is 7.12. The molecule has 12 heavy (non-hydrogen) atoms. The monoisotopic (exact) mass is 166 g/mol. The third-order valence-electron chi connectivity index (χ3n) is 2.81. The Morgan fingerprint density at radius 1 is 1.50 bits per heavy atom. The molecule has 2 rings (SSSR count). The molecule has 2 amide bonds. The van der Waals surface area contributed by atoms with Crippen molar-refractivity contribution in [3.63, 3.8) is 0 Å². The van der Waals surface area contributed by atoms with Crippen molar-refractivity contribution in [1.29, 1.82) is 0 Å². The van der Waals surface area contributed by atoms with E-state index in [0.717, 1.165) is 25.8 Å². The summed E-state index contributed by atoms with van der Waals surface area (Å²) < 4.78 is 0. The number of nitrogens with one attached hydrogen (secondary N) is 1. The molecule has 3 nitrogen and oxygen atoms in total. The lowest BCUT2D eigenvalue weighted by Gasteiger charge is -2.33. The molecule has 0 aromatic rings. The average Bonchev–Trinajstić information content (AvgIpc) is 2.49. The molecule has 66 valence electrons. The molecular weight excluding hydrogens is 152 g/mol. The van der Waals surface area contributed by atoms with Gasteiger partial charge in [0, 0.05) is 12.6 Å². The smallest absolute Gasteiger partial charge is 0.318 e. The summed E-state index contributed by atoms with van der Waals surface area (Å²) in [6.07, 6.45) is 5.20. The molecule has 0 aromatic carbocycles. The second-order valence-corrected chi connectivity index (χ2v) is 3.46. The van der Waals surface area contributed by atoms with Gasteiger partial charge in [0.25, 0.3) is 0 Å². The fourth-order valence-electron chi connectivity index (χ4n) is 2.18.